The summed E-state index contributed by atoms with van der Waals surface area (Å²) in [5.41, 5.74) is -1.34. The number of halogens is 3. The van der Waals surface area contributed by atoms with E-state index in [1.54, 1.807) is 0 Å². The maximum Gasteiger partial charge on any atom is 0.488 e. The third kappa shape index (κ3) is 3.05. The van der Waals surface area contributed by atoms with Crippen LogP contribution in [0.1, 0.15) is 5.56 Å². The molecule has 0 amide bonds. The number of hydrogen-bond acceptors (Lipinski definition) is 5. The first kappa shape index (κ1) is 16.6. The van der Waals surface area contributed by atoms with Gasteiger partial charge in [-0.1, -0.05) is 18.2 Å². The highest BCUT2D eigenvalue weighted by Crippen LogP contribution is 2.40. The lowest BCUT2D eigenvalue weighted by Gasteiger charge is -2.15. The van der Waals surface area contributed by atoms with Crippen LogP contribution in [0.15, 0.2) is 36.4 Å². The molecule has 0 aromatic heterocycles. The molecule has 11 heteroatoms. The zero-order valence-corrected chi connectivity index (χ0v) is 12.5. The second kappa shape index (κ2) is 5.40. The van der Waals surface area contributed by atoms with E-state index in [-0.39, 0.29) is 28.0 Å². The molecule has 3 N–H and O–H groups in total. The largest absolute Gasteiger partial charge is 0.488 e. The Hall–Kier alpha value is -2.24. The monoisotopic (exact) mass is 359 g/mol. The van der Waals surface area contributed by atoms with Crippen molar-refractivity contribution in [3.63, 3.8) is 0 Å². The number of fused-ring (bicyclic) bond motifs is 1. The van der Waals surface area contributed by atoms with Crippen LogP contribution in [-0.4, -0.2) is 25.6 Å². The molecule has 2 aromatic rings. The average Bonchev–Trinajstić information content (AvgIpc) is 2.78. The van der Waals surface area contributed by atoms with Gasteiger partial charge in [-0.3, -0.25) is 0 Å². The van der Waals surface area contributed by atoms with Crippen LogP contribution in [0, 0.1) is 0 Å². The number of hydrogen-bond donors (Lipinski definition) is 3. The van der Waals surface area contributed by atoms with E-state index in [1.165, 1.54) is 12.1 Å². The van der Waals surface area contributed by atoms with Gasteiger partial charge in [-0.25, -0.2) is 4.72 Å². The molecule has 0 fully saturated rings. The Morgan fingerprint density at radius 1 is 1.08 bits per heavy atom. The van der Waals surface area contributed by atoms with Crippen molar-refractivity contribution in [1.29, 1.82) is 0 Å². The number of anilines is 1. The molecule has 24 heavy (non-hydrogen) atoms. The Kier molecular flexibility index (Phi) is 3.74. The van der Waals surface area contributed by atoms with E-state index in [4.69, 9.17) is 0 Å². The van der Waals surface area contributed by atoms with E-state index < -0.39 is 29.2 Å². The Bertz CT molecular complexity index is 914. The zero-order chi connectivity index (χ0) is 17.7. The number of alkyl halides is 3. The standard InChI is InChI=1S/C13H9BF3NO5S/c15-13(16,17)10-3-2-8(14(19)20)6-9(10)7-1-4-11-12(5-7)23-24(21,22)18-11/h1-6,18-20H. The molecule has 0 bridgehead atoms. The van der Waals surface area contributed by atoms with Crippen LogP contribution < -0.4 is 14.4 Å². The summed E-state index contributed by atoms with van der Waals surface area (Å²) in [6, 6.07) is 6.32. The highest BCUT2D eigenvalue weighted by Gasteiger charge is 2.35. The summed E-state index contributed by atoms with van der Waals surface area (Å²) in [4.78, 5) is 0. The van der Waals surface area contributed by atoms with Crippen molar-refractivity contribution >= 4 is 28.6 Å². The van der Waals surface area contributed by atoms with Crippen molar-refractivity contribution in [3.8, 4) is 16.9 Å². The van der Waals surface area contributed by atoms with Crippen molar-refractivity contribution in [2.75, 3.05) is 4.72 Å². The number of rotatable bonds is 2. The molecule has 126 valence electrons. The highest BCUT2D eigenvalue weighted by molar-refractivity contribution is 7.88. The molecule has 1 aliphatic heterocycles. The van der Waals surface area contributed by atoms with Crippen molar-refractivity contribution in [2.24, 2.45) is 0 Å². The quantitative estimate of drug-likeness (QED) is 0.698. The maximum atomic E-state index is 13.2. The molecule has 0 saturated carbocycles. The van der Waals surface area contributed by atoms with Crippen molar-refractivity contribution in [2.45, 2.75) is 6.18 Å². The second-order valence-electron chi connectivity index (χ2n) is 5.03. The first-order valence-corrected chi connectivity index (χ1v) is 7.91. The lowest BCUT2D eigenvalue weighted by Crippen LogP contribution is -2.30. The summed E-state index contributed by atoms with van der Waals surface area (Å²) in [6.07, 6.45) is -4.68. The van der Waals surface area contributed by atoms with Crippen LogP contribution in [0.3, 0.4) is 0 Å². The van der Waals surface area contributed by atoms with Gasteiger partial charge in [0.15, 0.2) is 5.75 Å². The van der Waals surface area contributed by atoms with Gasteiger partial charge in [0.1, 0.15) is 0 Å². The summed E-state index contributed by atoms with van der Waals surface area (Å²) < 4.78 is 69.0. The molecule has 2 aromatic carbocycles. The molecule has 1 heterocycles. The lowest BCUT2D eigenvalue weighted by molar-refractivity contribution is -0.137. The fourth-order valence-electron chi connectivity index (χ4n) is 2.33. The van der Waals surface area contributed by atoms with E-state index in [0.717, 1.165) is 24.3 Å². The van der Waals surface area contributed by atoms with Gasteiger partial charge in [-0.05, 0) is 34.8 Å². The molecule has 1 aliphatic rings. The van der Waals surface area contributed by atoms with Crippen LogP contribution in [0.5, 0.6) is 5.75 Å². The van der Waals surface area contributed by atoms with Gasteiger partial charge < -0.3 is 14.2 Å². The molecule has 0 unspecified atom stereocenters. The predicted molar refractivity (Wildman–Crippen MR) is 79.9 cm³/mol. The van der Waals surface area contributed by atoms with E-state index in [1.807, 2.05) is 0 Å². The summed E-state index contributed by atoms with van der Waals surface area (Å²) >= 11 is 0. The minimum atomic E-state index is -4.68. The average molecular weight is 359 g/mol. The third-order valence-corrected chi connectivity index (χ3v) is 4.24. The van der Waals surface area contributed by atoms with Crippen molar-refractivity contribution in [1.82, 2.24) is 0 Å². The van der Waals surface area contributed by atoms with E-state index in [9.17, 15) is 31.6 Å². The smallest absolute Gasteiger partial charge is 0.423 e. The molecular formula is C13H9BF3NO5S. The summed E-state index contributed by atoms with van der Waals surface area (Å²) in [7, 11) is -5.96. The fraction of sp³-hybridized carbons (Fsp3) is 0.0769. The van der Waals surface area contributed by atoms with Gasteiger partial charge in [0.25, 0.3) is 0 Å². The SMILES string of the molecule is O=S1(=O)Nc2ccc(-c3cc(B(O)O)ccc3C(F)(F)F)cc2O1. The Morgan fingerprint density at radius 2 is 1.79 bits per heavy atom. The van der Waals surface area contributed by atoms with Gasteiger partial charge >= 0.3 is 23.6 Å². The first-order valence-electron chi connectivity index (χ1n) is 6.51. The molecule has 0 atom stereocenters. The molecule has 6 nitrogen and oxygen atoms in total. The maximum absolute atomic E-state index is 13.2. The predicted octanol–water partition coefficient (Wildman–Crippen LogP) is 1.10. The molecule has 0 aliphatic carbocycles. The van der Waals surface area contributed by atoms with Gasteiger partial charge in [0.05, 0.1) is 11.3 Å². The van der Waals surface area contributed by atoms with Crippen LogP contribution in [0.2, 0.25) is 0 Å². The van der Waals surface area contributed by atoms with Crippen LogP contribution in [0.4, 0.5) is 18.9 Å². The minimum absolute atomic E-state index is 0.0162. The topological polar surface area (TPSA) is 95.9 Å². The first-order chi connectivity index (χ1) is 11.1. The van der Waals surface area contributed by atoms with Crippen LogP contribution >= 0.6 is 0 Å². The lowest BCUT2D eigenvalue weighted by atomic mass is 9.78. The van der Waals surface area contributed by atoms with Gasteiger partial charge in [-0.2, -0.15) is 21.6 Å². The summed E-state index contributed by atoms with van der Waals surface area (Å²) in [6.45, 7) is 0. The zero-order valence-electron chi connectivity index (χ0n) is 11.7. The minimum Gasteiger partial charge on any atom is -0.423 e. The Balaban J connectivity index is 2.17. The van der Waals surface area contributed by atoms with E-state index in [2.05, 4.69) is 8.91 Å². The third-order valence-electron chi connectivity index (χ3n) is 3.37. The van der Waals surface area contributed by atoms with Gasteiger partial charge in [0.2, 0.25) is 0 Å². The molecule has 0 radical (unpaired) electrons. The molecular weight excluding hydrogens is 350 g/mol. The Labute approximate surface area is 134 Å². The molecule has 3 rings (SSSR count). The van der Waals surface area contributed by atoms with E-state index >= 15 is 0 Å². The second-order valence-corrected chi connectivity index (χ2v) is 6.31. The normalized spacial score (nSPS) is 15.4. The van der Waals surface area contributed by atoms with Gasteiger partial charge in [0, 0.05) is 0 Å². The molecule has 0 saturated heterocycles. The highest BCUT2D eigenvalue weighted by atomic mass is 32.2. The Morgan fingerprint density at radius 3 is 2.42 bits per heavy atom. The fourth-order valence-corrected chi connectivity index (χ4v) is 3.18. The number of nitrogens with one attached hydrogen (secondary N) is 1. The van der Waals surface area contributed by atoms with Crippen LogP contribution in [-0.2, 0) is 16.5 Å². The summed E-state index contributed by atoms with van der Waals surface area (Å²) in [5, 5.41) is 18.3. The van der Waals surface area contributed by atoms with Gasteiger partial charge in [-0.15, -0.1) is 0 Å². The van der Waals surface area contributed by atoms with E-state index in [0.29, 0.717) is 0 Å². The van der Waals surface area contributed by atoms with Crippen molar-refractivity contribution < 1.29 is 35.8 Å². The number of benzene rings is 2. The summed E-state index contributed by atoms with van der Waals surface area (Å²) in [5.74, 6) is -0.143. The van der Waals surface area contributed by atoms with Crippen molar-refractivity contribution in [3.05, 3.63) is 42.0 Å². The van der Waals surface area contributed by atoms with Crippen LogP contribution in [0.25, 0.3) is 11.1 Å². The molecule has 0 spiro atoms.